The summed E-state index contributed by atoms with van der Waals surface area (Å²) in [4.78, 5) is 16.2. The molecule has 0 bridgehead atoms. The summed E-state index contributed by atoms with van der Waals surface area (Å²) >= 11 is 0. The largest absolute Gasteiger partial charge is 0.320 e. The lowest BCUT2D eigenvalue weighted by Gasteiger charge is -2.07. The second-order valence-electron chi connectivity index (χ2n) is 3.90. The number of anilines is 1. The van der Waals surface area contributed by atoms with Crippen LogP contribution >= 0.6 is 0 Å². The van der Waals surface area contributed by atoms with E-state index in [4.69, 9.17) is 0 Å². The minimum absolute atomic E-state index is 0.162. The number of amides is 1. The number of nitrogens with zero attached hydrogens (tertiary/aromatic N) is 2. The number of aromatic nitrogens is 3. The summed E-state index contributed by atoms with van der Waals surface area (Å²) in [5.41, 5.74) is 3.56. The second-order valence-corrected chi connectivity index (χ2v) is 3.90. The molecule has 2 heterocycles. The van der Waals surface area contributed by atoms with Gasteiger partial charge in [-0.2, -0.15) is 5.10 Å². The molecule has 0 unspecified atom stereocenters. The Morgan fingerprint density at radius 1 is 1.29 bits per heavy atom. The lowest BCUT2D eigenvalue weighted by atomic mass is 10.2. The molecule has 0 radical (unpaired) electrons. The van der Waals surface area contributed by atoms with Crippen LogP contribution in [0.25, 0.3) is 0 Å². The number of nitrogens with one attached hydrogen (secondary N) is 2. The molecular weight excluding hydrogens is 216 g/mol. The molecule has 0 aromatic carbocycles. The van der Waals surface area contributed by atoms with Gasteiger partial charge in [-0.1, -0.05) is 0 Å². The van der Waals surface area contributed by atoms with Crippen LogP contribution in [0.2, 0.25) is 0 Å². The third-order valence-corrected chi connectivity index (χ3v) is 2.61. The molecule has 0 aliphatic carbocycles. The number of hydrogen-bond acceptors (Lipinski definition) is 3. The fourth-order valence-electron chi connectivity index (χ4n) is 1.69. The molecule has 88 valence electrons. The van der Waals surface area contributed by atoms with Crippen molar-refractivity contribution in [3.8, 4) is 0 Å². The highest BCUT2D eigenvalue weighted by molar-refractivity contribution is 6.06. The Kier molecular flexibility index (Phi) is 2.91. The summed E-state index contributed by atoms with van der Waals surface area (Å²) in [7, 11) is 0. The number of H-pyrrole nitrogens is 1. The topological polar surface area (TPSA) is 70.7 Å². The average Bonchev–Trinajstić information content (AvgIpc) is 2.62. The molecule has 0 saturated carbocycles. The zero-order chi connectivity index (χ0) is 12.4. The molecule has 0 aliphatic rings. The molecule has 1 amide bonds. The summed E-state index contributed by atoms with van der Waals surface area (Å²) in [5, 5.41) is 9.62. The lowest BCUT2D eigenvalue weighted by molar-refractivity contribution is 0.102. The normalized spacial score (nSPS) is 10.3. The van der Waals surface area contributed by atoms with E-state index in [-0.39, 0.29) is 5.91 Å². The van der Waals surface area contributed by atoms with E-state index >= 15 is 0 Å². The van der Waals surface area contributed by atoms with Gasteiger partial charge in [0.15, 0.2) is 0 Å². The van der Waals surface area contributed by atoms with E-state index < -0.39 is 0 Å². The van der Waals surface area contributed by atoms with Crippen molar-refractivity contribution in [3.63, 3.8) is 0 Å². The lowest BCUT2D eigenvalue weighted by Crippen LogP contribution is -2.14. The number of pyridine rings is 1. The predicted molar refractivity (Wildman–Crippen MR) is 65.0 cm³/mol. The van der Waals surface area contributed by atoms with Crippen molar-refractivity contribution < 1.29 is 4.79 Å². The van der Waals surface area contributed by atoms with Gasteiger partial charge in [0.05, 0.1) is 22.6 Å². The highest BCUT2D eigenvalue weighted by atomic mass is 16.1. The summed E-state index contributed by atoms with van der Waals surface area (Å²) in [6, 6.07) is 3.61. The molecule has 2 aromatic rings. The van der Waals surface area contributed by atoms with Gasteiger partial charge < -0.3 is 5.32 Å². The summed E-state index contributed by atoms with van der Waals surface area (Å²) in [5.74, 6) is -0.162. The van der Waals surface area contributed by atoms with Crippen LogP contribution < -0.4 is 5.32 Å². The van der Waals surface area contributed by atoms with Crippen molar-refractivity contribution in [2.24, 2.45) is 0 Å². The molecule has 5 nitrogen and oxygen atoms in total. The van der Waals surface area contributed by atoms with Crippen molar-refractivity contribution in [2.75, 3.05) is 5.32 Å². The molecule has 0 spiro atoms. The first kappa shape index (κ1) is 11.3. The SMILES string of the molecule is Cc1ncccc1NC(=O)c1c(C)n[nH]c1C. The van der Waals surface area contributed by atoms with E-state index in [1.165, 1.54) is 0 Å². The van der Waals surface area contributed by atoms with E-state index in [0.29, 0.717) is 11.3 Å². The van der Waals surface area contributed by atoms with Gasteiger partial charge in [0, 0.05) is 11.9 Å². The third kappa shape index (κ3) is 2.18. The number of hydrogen-bond donors (Lipinski definition) is 2. The Labute approximate surface area is 99.3 Å². The van der Waals surface area contributed by atoms with Crippen LogP contribution in [0.1, 0.15) is 27.4 Å². The van der Waals surface area contributed by atoms with E-state index in [0.717, 1.165) is 17.1 Å². The maximum Gasteiger partial charge on any atom is 0.259 e. The summed E-state index contributed by atoms with van der Waals surface area (Å²) in [6.45, 7) is 5.48. The Morgan fingerprint density at radius 3 is 2.65 bits per heavy atom. The van der Waals surface area contributed by atoms with Gasteiger partial charge >= 0.3 is 0 Å². The van der Waals surface area contributed by atoms with E-state index in [1.807, 2.05) is 19.9 Å². The van der Waals surface area contributed by atoms with Gasteiger partial charge in [0.2, 0.25) is 0 Å². The van der Waals surface area contributed by atoms with Crippen molar-refractivity contribution >= 4 is 11.6 Å². The molecule has 2 rings (SSSR count). The number of aromatic amines is 1. The fraction of sp³-hybridized carbons (Fsp3) is 0.250. The molecule has 17 heavy (non-hydrogen) atoms. The molecule has 2 N–H and O–H groups in total. The number of carbonyl (C=O) groups excluding carboxylic acids is 1. The maximum atomic E-state index is 12.1. The van der Waals surface area contributed by atoms with Crippen LogP contribution in [0.15, 0.2) is 18.3 Å². The molecule has 0 atom stereocenters. The van der Waals surface area contributed by atoms with Crippen LogP contribution in [0.4, 0.5) is 5.69 Å². The minimum atomic E-state index is -0.162. The average molecular weight is 230 g/mol. The number of rotatable bonds is 2. The van der Waals surface area contributed by atoms with Crippen molar-refractivity contribution in [3.05, 3.63) is 41.0 Å². The zero-order valence-corrected chi connectivity index (χ0v) is 10.0. The van der Waals surface area contributed by atoms with Gasteiger partial charge in [0.25, 0.3) is 5.91 Å². The van der Waals surface area contributed by atoms with Crippen LogP contribution in [0.5, 0.6) is 0 Å². The standard InChI is InChI=1S/C12H14N4O/c1-7-10(5-4-6-13-7)14-12(17)11-8(2)15-16-9(11)3/h4-6H,1-3H3,(H,14,17)(H,15,16). The van der Waals surface area contributed by atoms with Crippen LogP contribution in [-0.2, 0) is 0 Å². The molecule has 5 heteroatoms. The van der Waals surface area contributed by atoms with E-state index in [2.05, 4.69) is 20.5 Å². The van der Waals surface area contributed by atoms with Crippen molar-refractivity contribution in [2.45, 2.75) is 20.8 Å². The van der Waals surface area contributed by atoms with Gasteiger partial charge in [-0.15, -0.1) is 0 Å². The summed E-state index contributed by atoms with van der Waals surface area (Å²) < 4.78 is 0. The van der Waals surface area contributed by atoms with Crippen LogP contribution in [0.3, 0.4) is 0 Å². The Bertz CT molecular complexity index is 540. The molecule has 0 fully saturated rings. The Morgan fingerprint density at radius 2 is 2.06 bits per heavy atom. The first-order chi connectivity index (χ1) is 8.09. The maximum absolute atomic E-state index is 12.1. The quantitative estimate of drug-likeness (QED) is 0.828. The smallest absolute Gasteiger partial charge is 0.259 e. The third-order valence-electron chi connectivity index (χ3n) is 2.61. The zero-order valence-electron chi connectivity index (χ0n) is 10.0. The highest BCUT2D eigenvalue weighted by Crippen LogP contribution is 2.15. The van der Waals surface area contributed by atoms with Gasteiger partial charge in [0.1, 0.15) is 0 Å². The Hall–Kier alpha value is -2.17. The number of carbonyl (C=O) groups is 1. The minimum Gasteiger partial charge on any atom is -0.320 e. The predicted octanol–water partition coefficient (Wildman–Crippen LogP) is 1.98. The molecule has 2 aromatic heterocycles. The van der Waals surface area contributed by atoms with Gasteiger partial charge in [-0.3, -0.25) is 14.9 Å². The monoisotopic (exact) mass is 230 g/mol. The number of aryl methyl sites for hydroxylation is 3. The first-order valence-electron chi connectivity index (χ1n) is 5.34. The fourth-order valence-corrected chi connectivity index (χ4v) is 1.69. The Balaban J connectivity index is 2.27. The second kappa shape index (κ2) is 4.37. The first-order valence-corrected chi connectivity index (χ1v) is 5.34. The van der Waals surface area contributed by atoms with Crippen molar-refractivity contribution in [1.82, 2.24) is 15.2 Å². The summed E-state index contributed by atoms with van der Waals surface area (Å²) in [6.07, 6.45) is 1.69. The van der Waals surface area contributed by atoms with Crippen LogP contribution in [-0.4, -0.2) is 21.1 Å². The van der Waals surface area contributed by atoms with Gasteiger partial charge in [-0.05, 0) is 32.9 Å². The molecule has 0 saturated heterocycles. The molecular formula is C12H14N4O. The van der Waals surface area contributed by atoms with Crippen molar-refractivity contribution in [1.29, 1.82) is 0 Å². The van der Waals surface area contributed by atoms with Gasteiger partial charge in [-0.25, -0.2) is 0 Å². The van der Waals surface area contributed by atoms with Crippen LogP contribution in [0, 0.1) is 20.8 Å². The van der Waals surface area contributed by atoms with E-state index in [9.17, 15) is 4.79 Å². The van der Waals surface area contributed by atoms with E-state index in [1.54, 1.807) is 19.2 Å². The highest BCUT2D eigenvalue weighted by Gasteiger charge is 2.15. The molecule has 0 aliphatic heterocycles.